The van der Waals surface area contributed by atoms with Gasteiger partial charge in [0.25, 0.3) is 0 Å². The zero-order valence-corrected chi connectivity index (χ0v) is 10.2. The summed E-state index contributed by atoms with van der Waals surface area (Å²) in [6.45, 7) is 1.96. The molecule has 88 valence electrons. The lowest BCUT2D eigenvalue weighted by molar-refractivity contribution is 1.15. The van der Waals surface area contributed by atoms with Crippen LogP contribution in [0.1, 0.15) is 5.82 Å². The SMILES string of the molecule is Cc1nc(-c2cccc(-c3ccccc3)c2)c[nH]1. The fourth-order valence-electron chi connectivity index (χ4n) is 2.05. The van der Waals surface area contributed by atoms with Gasteiger partial charge in [0.15, 0.2) is 0 Å². The van der Waals surface area contributed by atoms with Crippen molar-refractivity contribution in [3.05, 3.63) is 66.6 Å². The fourth-order valence-corrected chi connectivity index (χ4v) is 2.05. The molecule has 0 unspecified atom stereocenters. The molecule has 3 rings (SSSR count). The molecule has 1 N–H and O–H groups in total. The first-order chi connectivity index (χ1) is 8.83. The van der Waals surface area contributed by atoms with Crippen molar-refractivity contribution in [3.63, 3.8) is 0 Å². The molecule has 0 spiro atoms. The van der Waals surface area contributed by atoms with Crippen molar-refractivity contribution in [2.45, 2.75) is 6.92 Å². The zero-order valence-electron chi connectivity index (χ0n) is 10.2. The summed E-state index contributed by atoms with van der Waals surface area (Å²) in [5.74, 6) is 0.940. The summed E-state index contributed by atoms with van der Waals surface area (Å²) >= 11 is 0. The van der Waals surface area contributed by atoms with E-state index in [2.05, 4.69) is 58.5 Å². The maximum Gasteiger partial charge on any atom is 0.103 e. The van der Waals surface area contributed by atoms with Crippen LogP contribution >= 0.6 is 0 Å². The van der Waals surface area contributed by atoms with E-state index in [9.17, 15) is 0 Å². The van der Waals surface area contributed by atoms with E-state index in [-0.39, 0.29) is 0 Å². The van der Waals surface area contributed by atoms with Gasteiger partial charge in [-0.25, -0.2) is 4.98 Å². The Morgan fingerprint density at radius 1 is 0.833 bits per heavy atom. The molecule has 2 nitrogen and oxygen atoms in total. The van der Waals surface area contributed by atoms with E-state index in [1.165, 1.54) is 11.1 Å². The van der Waals surface area contributed by atoms with Crippen LogP contribution < -0.4 is 0 Å². The molecule has 0 aliphatic carbocycles. The van der Waals surface area contributed by atoms with E-state index >= 15 is 0 Å². The molecule has 0 aliphatic rings. The highest BCUT2D eigenvalue weighted by Gasteiger charge is 2.03. The van der Waals surface area contributed by atoms with Crippen molar-refractivity contribution < 1.29 is 0 Å². The number of nitrogens with one attached hydrogen (secondary N) is 1. The Morgan fingerprint density at radius 3 is 2.28 bits per heavy atom. The van der Waals surface area contributed by atoms with Gasteiger partial charge in [0, 0.05) is 11.8 Å². The lowest BCUT2D eigenvalue weighted by Crippen LogP contribution is -1.81. The van der Waals surface area contributed by atoms with Crippen LogP contribution in [0.5, 0.6) is 0 Å². The molecule has 0 saturated carbocycles. The first kappa shape index (κ1) is 10.8. The Morgan fingerprint density at radius 2 is 1.56 bits per heavy atom. The van der Waals surface area contributed by atoms with E-state index < -0.39 is 0 Å². The lowest BCUT2D eigenvalue weighted by Gasteiger charge is -2.03. The number of aryl methyl sites for hydroxylation is 1. The maximum atomic E-state index is 4.46. The van der Waals surface area contributed by atoms with Gasteiger partial charge in [-0.3, -0.25) is 0 Å². The minimum atomic E-state index is 0.940. The molecule has 18 heavy (non-hydrogen) atoms. The molecule has 2 aromatic carbocycles. The van der Waals surface area contributed by atoms with Crippen LogP contribution in [0.4, 0.5) is 0 Å². The van der Waals surface area contributed by atoms with Crippen LogP contribution in [0, 0.1) is 6.92 Å². The molecule has 0 amide bonds. The Hall–Kier alpha value is -2.35. The summed E-state index contributed by atoms with van der Waals surface area (Å²) in [7, 11) is 0. The topological polar surface area (TPSA) is 28.7 Å². The molecule has 1 heterocycles. The van der Waals surface area contributed by atoms with Crippen LogP contribution in [0.25, 0.3) is 22.4 Å². The smallest absolute Gasteiger partial charge is 0.103 e. The van der Waals surface area contributed by atoms with Gasteiger partial charge < -0.3 is 4.98 Å². The van der Waals surface area contributed by atoms with Gasteiger partial charge in [0.1, 0.15) is 5.82 Å². The van der Waals surface area contributed by atoms with Gasteiger partial charge in [-0.1, -0.05) is 48.5 Å². The second-order valence-electron chi connectivity index (χ2n) is 4.32. The molecule has 0 saturated heterocycles. The lowest BCUT2D eigenvalue weighted by atomic mass is 10.0. The second-order valence-corrected chi connectivity index (χ2v) is 4.32. The van der Waals surface area contributed by atoms with Crippen molar-refractivity contribution >= 4 is 0 Å². The molecule has 2 heteroatoms. The van der Waals surface area contributed by atoms with Gasteiger partial charge >= 0.3 is 0 Å². The van der Waals surface area contributed by atoms with Crippen LogP contribution in [-0.4, -0.2) is 9.97 Å². The second kappa shape index (κ2) is 4.49. The molecular formula is C16H14N2. The predicted molar refractivity (Wildman–Crippen MR) is 74.2 cm³/mol. The van der Waals surface area contributed by atoms with E-state index in [1.54, 1.807) is 0 Å². The molecule has 0 atom stereocenters. The number of hydrogen-bond donors (Lipinski definition) is 1. The third-order valence-corrected chi connectivity index (χ3v) is 2.97. The van der Waals surface area contributed by atoms with Crippen LogP contribution in [0.3, 0.4) is 0 Å². The molecule has 3 aromatic rings. The molecule has 1 aromatic heterocycles. The van der Waals surface area contributed by atoms with Gasteiger partial charge in [0.2, 0.25) is 0 Å². The molecule has 0 aliphatic heterocycles. The van der Waals surface area contributed by atoms with Crippen molar-refractivity contribution in [2.24, 2.45) is 0 Å². The number of nitrogens with zero attached hydrogens (tertiary/aromatic N) is 1. The summed E-state index contributed by atoms with van der Waals surface area (Å²) in [6.07, 6.45) is 1.94. The summed E-state index contributed by atoms with van der Waals surface area (Å²) in [5.41, 5.74) is 4.58. The highest BCUT2D eigenvalue weighted by molar-refractivity contribution is 5.71. The van der Waals surface area contributed by atoms with Crippen molar-refractivity contribution in [3.8, 4) is 22.4 Å². The molecule has 0 radical (unpaired) electrons. The van der Waals surface area contributed by atoms with Gasteiger partial charge in [-0.15, -0.1) is 0 Å². The van der Waals surface area contributed by atoms with Crippen molar-refractivity contribution in [1.82, 2.24) is 9.97 Å². The first-order valence-corrected chi connectivity index (χ1v) is 6.01. The minimum Gasteiger partial charge on any atom is -0.348 e. The maximum absolute atomic E-state index is 4.46. The van der Waals surface area contributed by atoms with E-state index in [4.69, 9.17) is 0 Å². The Bertz CT molecular complexity index is 654. The number of aromatic amines is 1. The molecule has 0 bridgehead atoms. The summed E-state index contributed by atoms with van der Waals surface area (Å²) < 4.78 is 0. The Kier molecular flexibility index (Phi) is 2.69. The number of aromatic nitrogens is 2. The third-order valence-electron chi connectivity index (χ3n) is 2.97. The predicted octanol–water partition coefficient (Wildman–Crippen LogP) is 4.05. The van der Waals surface area contributed by atoms with Gasteiger partial charge in [-0.2, -0.15) is 0 Å². The zero-order chi connectivity index (χ0) is 12.4. The van der Waals surface area contributed by atoms with E-state index in [1.807, 2.05) is 19.2 Å². The van der Waals surface area contributed by atoms with Crippen LogP contribution in [-0.2, 0) is 0 Å². The fraction of sp³-hybridized carbons (Fsp3) is 0.0625. The minimum absolute atomic E-state index is 0.940. The number of hydrogen-bond acceptors (Lipinski definition) is 1. The van der Waals surface area contributed by atoms with Crippen LogP contribution in [0.2, 0.25) is 0 Å². The first-order valence-electron chi connectivity index (χ1n) is 6.01. The van der Waals surface area contributed by atoms with Gasteiger partial charge in [-0.05, 0) is 24.1 Å². The molecule has 0 fully saturated rings. The van der Waals surface area contributed by atoms with E-state index in [0.717, 1.165) is 17.1 Å². The van der Waals surface area contributed by atoms with Crippen LogP contribution in [0.15, 0.2) is 60.8 Å². The monoisotopic (exact) mass is 234 g/mol. The quantitative estimate of drug-likeness (QED) is 0.712. The highest BCUT2D eigenvalue weighted by Crippen LogP contribution is 2.25. The van der Waals surface area contributed by atoms with Crippen molar-refractivity contribution in [1.29, 1.82) is 0 Å². The third kappa shape index (κ3) is 2.05. The summed E-state index contributed by atoms with van der Waals surface area (Å²) in [4.78, 5) is 7.58. The highest BCUT2D eigenvalue weighted by atomic mass is 14.9. The van der Waals surface area contributed by atoms with Gasteiger partial charge in [0.05, 0.1) is 5.69 Å². The van der Waals surface area contributed by atoms with Crippen molar-refractivity contribution in [2.75, 3.05) is 0 Å². The Labute approximate surface area is 106 Å². The average Bonchev–Trinajstić information content (AvgIpc) is 2.87. The summed E-state index contributed by atoms with van der Waals surface area (Å²) in [6, 6.07) is 18.8. The number of H-pyrrole nitrogens is 1. The number of rotatable bonds is 2. The average molecular weight is 234 g/mol. The molecular weight excluding hydrogens is 220 g/mol. The normalized spacial score (nSPS) is 10.5. The number of imidazole rings is 1. The summed E-state index contributed by atoms with van der Waals surface area (Å²) in [5, 5.41) is 0. The standard InChI is InChI=1S/C16H14N2/c1-12-17-11-16(18-12)15-9-5-8-14(10-15)13-6-3-2-4-7-13/h2-11H,1H3,(H,17,18). The van der Waals surface area contributed by atoms with E-state index in [0.29, 0.717) is 0 Å². The Balaban J connectivity index is 2.05. The number of benzene rings is 2. The largest absolute Gasteiger partial charge is 0.348 e.